The van der Waals surface area contributed by atoms with Crippen LogP contribution >= 0.6 is 0 Å². The minimum atomic E-state index is -3.12. The lowest BCUT2D eigenvalue weighted by Crippen LogP contribution is -2.24. The van der Waals surface area contributed by atoms with Crippen molar-refractivity contribution in [3.05, 3.63) is 24.3 Å². The zero-order valence-electron chi connectivity index (χ0n) is 10.5. The number of nitrogens with zero attached hydrogens (tertiary/aromatic N) is 3. The van der Waals surface area contributed by atoms with Gasteiger partial charge in [0.15, 0.2) is 0 Å². The van der Waals surface area contributed by atoms with Gasteiger partial charge in [-0.1, -0.05) is 12.1 Å². The average Bonchev–Trinajstić information content (AvgIpc) is 2.37. The maximum Gasteiger partial charge on any atom is 0.243 e. The molecule has 102 valence electrons. The third-order valence-corrected chi connectivity index (χ3v) is 3.09. The highest BCUT2D eigenvalue weighted by Crippen LogP contribution is 2.08. The number of aromatic nitrogens is 3. The Morgan fingerprint density at radius 3 is 2.58 bits per heavy atom. The maximum atomic E-state index is 10.8. The summed E-state index contributed by atoms with van der Waals surface area (Å²) in [6, 6.07) is 7.47. The molecule has 2 N–H and O–H groups in total. The number of rotatable bonds is 6. The Kier molecular flexibility index (Phi) is 4.23. The molecule has 0 amide bonds. The van der Waals surface area contributed by atoms with E-state index < -0.39 is 10.0 Å². The Labute approximate surface area is 111 Å². The number of nitrogens with one attached hydrogen (secondary N) is 2. The van der Waals surface area contributed by atoms with Gasteiger partial charge >= 0.3 is 0 Å². The second-order valence-electron chi connectivity index (χ2n) is 4.07. The summed E-state index contributed by atoms with van der Waals surface area (Å²) < 4.78 is 24.1. The molecule has 0 aliphatic rings. The Balaban J connectivity index is 1.85. The monoisotopic (exact) mass is 281 g/mol. The largest absolute Gasteiger partial charge is 0.353 e. The highest BCUT2D eigenvalue weighted by molar-refractivity contribution is 7.88. The average molecular weight is 281 g/mol. The van der Waals surface area contributed by atoms with Crippen molar-refractivity contribution in [2.45, 2.75) is 6.42 Å². The molecule has 0 bridgehead atoms. The summed E-state index contributed by atoms with van der Waals surface area (Å²) >= 11 is 0. The summed E-state index contributed by atoms with van der Waals surface area (Å²) in [4.78, 5) is 4.30. The molecular weight excluding hydrogens is 266 g/mol. The van der Waals surface area contributed by atoms with Gasteiger partial charge in [0, 0.05) is 13.1 Å². The molecule has 2 aromatic rings. The smallest absolute Gasteiger partial charge is 0.243 e. The highest BCUT2D eigenvalue weighted by atomic mass is 32.2. The van der Waals surface area contributed by atoms with Crippen molar-refractivity contribution in [2.75, 3.05) is 24.7 Å². The predicted octanol–water partition coefficient (Wildman–Crippen LogP) is 0.376. The van der Waals surface area contributed by atoms with Gasteiger partial charge in [-0.25, -0.2) is 18.1 Å². The molecular formula is C11H15N5O2S. The van der Waals surface area contributed by atoms with Gasteiger partial charge < -0.3 is 5.32 Å². The number of anilines is 1. The van der Waals surface area contributed by atoms with Crippen LogP contribution in [-0.2, 0) is 10.0 Å². The van der Waals surface area contributed by atoms with Crippen LogP contribution in [-0.4, -0.2) is 42.9 Å². The topological polar surface area (TPSA) is 96.9 Å². The molecule has 0 saturated carbocycles. The van der Waals surface area contributed by atoms with Crippen molar-refractivity contribution in [2.24, 2.45) is 0 Å². The summed E-state index contributed by atoms with van der Waals surface area (Å²) in [5.41, 5.74) is 1.51. The Morgan fingerprint density at radius 2 is 1.84 bits per heavy atom. The first-order chi connectivity index (χ1) is 9.04. The molecule has 8 heteroatoms. The van der Waals surface area contributed by atoms with E-state index in [1.807, 2.05) is 24.3 Å². The van der Waals surface area contributed by atoms with Crippen LogP contribution in [0.25, 0.3) is 11.0 Å². The van der Waals surface area contributed by atoms with Gasteiger partial charge in [-0.3, -0.25) is 0 Å². The van der Waals surface area contributed by atoms with Crippen LogP contribution in [0.5, 0.6) is 0 Å². The van der Waals surface area contributed by atoms with E-state index in [-0.39, 0.29) is 0 Å². The number of fused-ring (bicyclic) bond motifs is 1. The van der Waals surface area contributed by atoms with Crippen LogP contribution < -0.4 is 10.0 Å². The Morgan fingerprint density at radius 1 is 1.11 bits per heavy atom. The van der Waals surface area contributed by atoms with Crippen LogP contribution in [0.1, 0.15) is 6.42 Å². The molecule has 2 rings (SSSR count). The van der Waals surface area contributed by atoms with E-state index >= 15 is 0 Å². The molecule has 19 heavy (non-hydrogen) atoms. The van der Waals surface area contributed by atoms with Crippen molar-refractivity contribution < 1.29 is 8.42 Å². The van der Waals surface area contributed by atoms with Crippen LogP contribution in [0.4, 0.5) is 5.95 Å². The zero-order chi connectivity index (χ0) is 13.7. The molecule has 1 heterocycles. The zero-order valence-corrected chi connectivity index (χ0v) is 11.3. The van der Waals surface area contributed by atoms with Crippen LogP contribution in [0, 0.1) is 0 Å². The lowest BCUT2D eigenvalue weighted by molar-refractivity contribution is 0.586. The van der Waals surface area contributed by atoms with E-state index in [9.17, 15) is 8.42 Å². The molecule has 7 nitrogen and oxygen atoms in total. The summed E-state index contributed by atoms with van der Waals surface area (Å²) in [5.74, 6) is 0.443. The Bertz CT molecular complexity index is 659. The van der Waals surface area contributed by atoms with Gasteiger partial charge in [-0.15, -0.1) is 10.2 Å². The minimum absolute atomic E-state index is 0.382. The normalized spacial score (nSPS) is 11.6. The van der Waals surface area contributed by atoms with Crippen molar-refractivity contribution in [1.29, 1.82) is 0 Å². The maximum absolute atomic E-state index is 10.8. The van der Waals surface area contributed by atoms with E-state index in [1.165, 1.54) is 0 Å². The van der Waals surface area contributed by atoms with Crippen LogP contribution in [0.2, 0.25) is 0 Å². The molecule has 0 fully saturated rings. The quantitative estimate of drug-likeness (QED) is 0.743. The van der Waals surface area contributed by atoms with Gasteiger partial charge in [0.05, 0.1) is 11.8 Å². The number of hydrogen-bond donors (Lipinski definition) is 2. The molecule has 0 aliphatic carbocycles. The molecule has 0 unspecified atom stereocenters. The third kappa shape index (κ3) is 4.42. The van der Waals surface area contributed by atoms with Gasteiger partial charge in [0.2, 0.25) is 16.0 Å². The van der Waals surface area contributed by atoms with E-state index in [0.717, 1.165) is 17.3 Å². The van der Waals surface area contributed by atoms with Gasteiger partial charge in [-0.05, 0) is 18.6 Å². The summed E-state index contributed by atoms with van der Waals surface area (Å²) in [7, 11) is -3.12. The first-order valence-corrected chi connectivity index (χ1v) is 7.72. The summed E-state index contributed by atoms with van der Waals surface area (Å²) in [6.45, 7) is 0.954. The first-order valence-electron chi connectivity index (χ1n) is 5.82. The highest BCUT2D eigenvalue weighted by Gasteiger charge is 2.01. The Hall–Kier alpha value is -1.80. The molecule has 0 spiro atoms. The summed E-state index contributed by atoms with van der Waals surface area (Å²) in [6.07, 6.45) is 1.78. The molecule has 0 saturated heterocycles. The van der Waals surface area contributed by atoms with Crippen molar-refractivity contribution in [3.63, 3.8) is 0 Å². The predicted molar refractivity (Wildman–Crippen MR) is 73.3 cm³/mol. The lowest BCUT2D eigenvalue weighted by atomic mass is 10.3. The molecule has 0 atom stereocenters. The van der Waals surface area contributed by atoms with Crippen LogP contribution in [0.3, 0.4) is 0 Å². The molecule has 0 radical (unpaired) electrons. The SMILES string of the molecule is CS(=O)(=O)NCCCNc1nnc2ccccc2n1. The molecule has 1 aromatic carbocycles. The standard InChI is InChI=1S/C11H15N5O2S/c1-19(17,18)13-8-4-7-12-11-14-9-5-2-3-6-10(9)15-16-11/h2-3,5-6,13H,4,7-8H2,1H3,(H,12,14,16). The molecule has 0 aliphatic heterocycles. The fourth-order valence-corrected chi connectivity index (χ4v) is 2.02. The van der Waals surface area contributed by atoms with Crippen LogP contribution in [0.15, 0.2) is 24.3 Å². The van der Waals surface area contributed by atoms with E-state index in [0.29, 0.717) is 25.5 Å². The van der Waals surface area contributed by atoms with Gasteiger partial charge in [0.1, 0.15) is 5.52 Å². The minimum Gasteiger partial charge on any atom is -0.353 e. The summed E-state index contributed by atoms with van der Waals surface area (Å²) in [5, 5.41) is 11.0. The van der Waals surface area contributed by atoms with Gasteiger partial charge in [0.25, 0.3) is 0 Å². The first kappa shape index (κ1) is 13.6. The fraction of sp³-hybridized carbons (Fsp3) is 0.364. The van der Waals surface area contributed by atoms with Crippen molar-refractivity contribution in [1.82, 2.24) is 19.9 Å². The second-order valence-corrected chi connectivity index (χ2v) is 5.90. The van der Waals surface area contributed by atoms with Crippen molar-refractivity contribution >= 4 is 27.0 Å². The number of para-hydroxylation sites is 1. The second kappa shape index (κ2) is 5.89. The fourth-order valence-electron chi connectivity index (χ4n) is 1.50. The number of benzene rings is 1. The number of hydrogen-bond acceptors (Lipinski definition) is 6. The lowest BCUT2D eigenvalue weighted by Gasteiger charge is -2.05. The van der Waals surface area contributed by atoms with E-state index in [2.05, 4.69) is 25.2 Å². The third-order valence-electron chi connectivity index (χ3n) is 2.36. The van der Waals surface area contributed by atoms with E-state index in [1.54, 1.807) is 0 Å². The van der Waals surface area contributed by atoms with Gasteiger partial charge in [-0.2, -0.15) is 0 Å². The van der Waals surface area contributed by atoms with E-state index in [4.69, 9.17) is 0 Å². The molecule has 1 aromatic heterocycles. The van der Waals surface area contributed by atoms with Crippen molar-refractivity contribution in [3.8, 4) is 0 Å². The number of sulfonamides is 1.